The zero-order chi connectivity index (χ0) is 16.8. The van der Waals surface area contributed by atoms with Gasteiger partial charge in [-0.15, -0.1) is 0 Å². The first-order valence-corrected chi connectivity index (χ1v) is 9.12. The Hall–Kier alpha value is -1.53. The molecule has 134 valence electrons. The molecule has 2 fully saturated rings. The van der Waals surface area contributed by atoms with Crippen molar-refractivity contribution in [2.24, 2.45) is 4.99 Å². The Morgan fingerprint density at radius 3 is 2.88 bits per heavy atom. The van der Waals surface area contributed by atoms with Crippen LogP contribution in [-0.2, 0) is 11.2 Å². The van der Waals surface area contributed by atoms with Gasteiger partial charge in [0.15, 0.2) is 5.96 Å². The van der Waals surface area contributed by atoms with Gasteiger partial charge in [0, 0.05) is 51.2 Å². The Balaban J connectivity index is 1.56. The molecule has 0 spiro atoms. The molecule has 0 aliphatic carbocycles. The molecule has 3 heterocycles. The van der Waals surface area contributed by atoms with E-state index in [1.54, 1.807) is 6.26 Å². The van der Waals surface area contributed by atoms with Crippen molar-refractivity contribution >= 4 is 5.96 Å². The number of ether oxygens (including phenoxy) is 1. The molecule has 0 bridgehead atoms. The normalized spacial score (nSPS) is 23.2. The van der Waals surface area contributed by atoms with E-state index in [9.17, 15) is 0 Å². The largest absolute Gasteiger partial charge is 0.469 e. The zero-order valence-electron chi connectivity index (χ0n) is 14.9. The SMILES string of the molecule is CC(C)NC(=NCCc1ccco1)N1CCC(N2CCOCC2)C1. The van der Waals surface area contributed by atoms with Crippen LogP contribution in [-0.4, -0.2) is 73.8 Å². The van der Waals surface area contributed by atoms with Crippen molar-refractivity contribution in [3.63, 3.8) is 0 Å². The molecule has 2 saturated heterocycles. The molecule has 24 heavy (non-hydrogen) atoms. The van der Waals surface area contributed by atoms with Crippen LogP contribution in [0.2, 0.25) is 0 Å². The summed E-state index contributed by atoms with van der Waals surface area (Å²) in [6, 6.07) is 4.95. The number of aliphatic imine (C=N–C) groups is 1. The number of hydrogen-bond acceptors (Lipinski definition) is 4. The summed E-state index contributed by atoms with van der Waals surface area (Å²) in [5.74, 6) is 2.03. The molecule has 0 amide bonds. The highest BCUT2D eigenvalue weighted by Gasteiger charge is 2.30. The van der Waals surface area contributed by atoms with E-state index in [1.165, 1.54) is 6.42 Å². The molecule has 3 rings (SSSR count). The fourth-order valence-corrected chi connectivity index (χ4v) is 3.40. The van der Waals surface area contributed by atoms with Crippen LogP contribution in [0.4, 0.5) is 0 Å². The maximum atomic E-state index is 5.47. The number of likely N-dealkylation sites (tertiary alicyclic amines) is 1. The molecular weight excluding hydrogens is 304 g/mol. The van der Waals surface area contributed by atoms with Crippen LogP contribution in [0.25, 0.3) is 0 Å². The highest BCUT2D eigenvalue weighted by atomic mass is 16.5. The van der Waals surface area contributed by atoms with Crippen molar-refractivity contribution in [2.45, 2.75) is 38.8 Å². The Labute approximate surface area is 144 Å². The highest BCUT2D eigenvalue weighted by Crippen LogP contribution is 2.17. The van der Waals surface area contributed by atoms with Gasteiger partial charge in [-0.3, -0.25) is 9.89 Å². The first-order chi connectivity index (χ1) is 11.7. The highest BCUT2D eigenvalue weighted by molar-refractivity contribution is 5.80. The van der Waals surface area contributed by atoms with Crippen LogP contribution in [0.5, 0.6) is 0 Å². The Morgan fingerprint density at radius 2 is 2.17 bits per heavy atom. The van der Waals surface area contributed by atoms with Crippen molar-refractivity contribution in [1.82, 2.24) is 15.1 Å². The van der Waals surface area contributed by atoms with Crippen molar-refractivity contribution in [1.29, 1.82) is 0 Å². The van der Waals surface area contributed by atoms with E-state index >= 15 is 0 Å². The van der Waals surface area contributed by atoms with Gasteiger partial charge in [0.2, 0.25) is 0 Å². The lowest BCUT2D eigenvalue weighted by Gasteiger charge is -2.32. The van der Waals surface area contributed by atoms with Gasteiger partial charge in [-0.2, -0.15) is 0 Å². The summed E-state index contributed by atoms with van der Waals surface area (Å²) in [5.41, 5.74) is 0. The van der Waals surface area contributed by atoms with Gasteiger partial charge in [0.25, 0.3) is 0 Å². The van der Waals surface area contributed by atoms with E-state index in [1.807, 2.05) is 12.1 Å². The lowest BCUT2D eigenvalue weighted by atomic mass is 10.2. The Morgan fingerprint density at radius 1 is 1.33 bits per heavy atom. The number of hydrogen-bond donors (Lipinski definition) is 1. The third-order valence-electron chi connectivity index (χ3n) is 4.64. The fraction of sp³-hybridized carbons (Fsp3) is 0.722. The monoisotopic (exact) mass is 334 g/mol. The number of rotatable bonds is 5. The lowest BCUT2D eigenvalue weighted by molar-refractivity contribution is 0.0194. The number of nitrogens with zero attached hydrogens (tertiary/aromatic N) is 3. The summed E-state index contributed by atoms with van der Waals surface area (Å²) in [6.45, 7) is 11.1. The second kappa shape index (κ2) is 8.53. The van der Waals surface area contributed by atoms with E-state index in [0.717, 1.165) is 64.1 Å². The number of nitrogens with one attached hydrogen (secondary N) is 1. The van der Waals surface area contributed by atoms with Gasteiger partial charge < -0.3 is 19.4 Å². The van der Waals surface area contributed by atoms with E-state index in [2.05, 4.69) is 29.0 Å². The Kier molecular flexibility index (Phi) is 6.15. The first-order valence-electron chi connectivity index (χ1n) is 9.12. The molecule has 0 saturated carbocycles. The van der Waals surface area contributed by atoms with Crippen molar-refractivity contribution in [3.05, 3.63) is 24.2 Å². The molecule has 1 aromatic heterocycles. The van der Waals surface area contributed by atoms with Crippen LogP contribution in [0, 0.1) is 0 Å². The van der Waals surface area contributed by atoms with Gasteiger partial charge in [0.05, 0.1) is 19.5 Å². The van der Waals surface area contributed by atoms with Crippen LogP contribution in [0.15, 0.2) is 27.8 Å². The smallest absolute Gasteiger partial charge is 0.194 e. The molecule has 2 aliphatic heterocycles. The predicted molar refractivity (Wildman–Crippen MR) is 95.4 cm³/mol. The lowest BCUT2D eigenvalue weighted by Crippen LogP contribution is -2.47. The molecule has 2 aliphatic rings. The van der Waals surface area contributed by atoms with Crippen LogP contribution in [0.1, 0.15) is 26.0 Å². The average Bonchev–Trinajstić information content (AvgIpc) is 3.26. The molecule has 1 atom stereocenters. The van der Waals surface area contributed by atoms with Gasteiger partial charge in [-0.1, -0.05) is 0 Å². The summed E-state index contributed by atoms with van der Waals surface area (Å²) in [5, 5.41) is 3.53. The van der Waals surface area contributed by atoms with E-state index in [-0.39, 0.29) is 0 Å². The van der Waals surface area contributed by atoms with Gasteiger partial charge in [-0.05, 0) is 32.4 Å². The third-order valence-corrected chi connectivity index (χ3v) is 4.64. The summed E-state index contributed by atoms with van der Waals surface area (Å²) in [7, 11) is 0. The van der Waals surface area contributed by atoms with E-state index in [4.69, 9.17) is 14.1 Å². The summed E-state index contributed by atoms with van der Waals surface area (Å²) >= 11 is 0. The van der Waals surface area contributed by atoms with Gasteiger partial charge in [-0.25, -0.2) is 0 Å². The average molecular weight is 334 g/mol. The maximum Gasteiger partial charge on any atom is 0.194 e. The minimum atomic E-state index is 0.384. The van der Waals surface area contributed by atoms with Gasteiger partial charge in [0.1, 0.15) is 5.76 Å². The molecule has 1 unspecified atom stereocenters. The quantitative estimate of drug-likeness (QED) is 0.654. The minimum absolute atomic E-state index is 0.384. The van der Waals surface area contributed by atoms with Crippen molar-refractivity contribution in [2.75, 3.05) is 45.9 Å². The first kappa shape index (κ1) is 17.3. The fourth-order valence-electron chi connectivity index (χ4n) is 3.40. The number of morpholine rings is 1. The van der Waals surface area contributed by atoms with Crippen molar-refractivity contribution < 1.29 is 9.15 Å². The summed E-state index contributed by atoms with van der Waals surface area (Å²) in [6.07, 6.45) is 3.77. The number of guanidine groups is 1. The third kappa shape index (κ3) is 4.74. The zero-order valence-corrected chi connectivity index (χ0v) is 14.9. The van der Waals surface area contributed by atoms with Crippen LogP contribution >= 0.6 is 0 Å². The summed E-state index contributed by atoms with van der Waals surface area (Å²) in [4.78, 5) is 9.80. The molecule has 0 aromatic carbocycles. The molecule has 1 N–H and O–H groups in total. The number of furan rings is 1. The molecule has 1 aromatic rings. The van der Waals surface area contributed by atoms with E-state index < -0.39 is 0 Å². The molecule has 6 nitrogen and oxygen atoms in total. The minimum Gasteiger partial charge on any atom is -0.469 e. The summed E-state index contributed by atoms with van der Waals surface area (Å²) < 4.78 is 10.9. The predicted octanol–water partition coefficient (Wildman–Crippen LogP) is 1.58. The maximum absolute atomic E-state index is 5.47. The second-order valence-electron chi connectivity index (χ2n) is 6.87. The molecule has 0 radical (unpaired) electrons. The standard InChI is InChI=1S/C18H30N4O2/c1-15(2)20-18(19-7-5-17-4-3-11-24-17)22-8-6-16(14-22)21-9-12-23-13-10-21/h3-4,11,15-16H,5-10,12-14H2,1-2H3,(H,19,20). The van der Waals surface area contributed by atoms with Crippen LogP contribution in [0.3, 0.4) is 0 Å². The molecular formula is C18H30N4O2. The molecule has 6 heteroatoms. The van der Waals surface area contributed by atoms with Crippen molar-refractivity contribution in [3.8, 4) is 0 Å². The topological polar surface area (TPSA) is 53.2 Å². The van der Waals surface area contributed by atoms with Gasteiger partial charge >= 0.3 is 0 Å². The van der Waals surface area contributed by atoms with Crippen LogP contribution < -0.4 is 5.32 Å². The second-order valence-corrected chi connectivity index (χ2v) is 6.87. The van der Waals surface area contributed by atoms with E-state index in [0.29, 0.717) is 12.1 Å². The Bertz CT molecular complexity index is 509.